The van der Waals surface area contributed by atoms with Crippen molar-refractivity contribution < 1.29 is 9.59 Å². The van der Waals surface area contributed by atoms with Crippen LogP contribution in [-0.2, 0) is 9.59 Å². The first-order valence-corrected chi connectivity index (χ1v) is 8.65. The van der Waals surface area contributed by atoms with Crippen molar-refractivity contribution in [1.82, 2.24) is 4.90 Å². The lowest BCUT2D eigenvalue weighted by Crippen LogP contribution is -2.64. The maximum absolute atomic E-state index is 13.0. The van der Waals surface area contributed by atoms with E-state index in [9.17, 15) is 9.59 Å². The van der Waals surface area contributed by atoms with Gasteiger partial charge in [-0.05, 0) is 43.9 Å². The van der Waals surface area contributed by atoms with Gasteiger partial charge in [-0.25, -0.2) is 0 Å². The van der Waals surface area contributed by atoms with E-state index >= 15 is 0 Å². The monoisotopic (exact) mass is 307 g/mol. The lowest BCUT2D eigenvalue weighted by Gasteiger charge is -2.56. The molecule has 0 heterocycles. The summed E-state index contributed by atoms with van der Waals surface area (Å²) in [5.41, 5.74) is 0.531. The normalized spacial score (nSPS) is 48.7. The van der Waals surface area contributed by atoms with Crippen LogP contribution in [0.15, 0.2) is 12.2 Å². The molecule has 21 heavy (non-hydrogen) atoms. The summed E-state index contributed by atoms with van der Waals surface area (Å²) in [6.45, 7) is 9.60. The van der Waals surface area contributed by atoms with Gasteiger partial charge >= 0.3 is 0 Å². The van der Waals surface area contributed by atoms with E-state index in [0.717, 1.165) is 12.0 Å². The molecule has 0 saturated heterocycles. The zero-order valence-electron chi connectivity index (χ0n) is 12.6. The quantitative estimate of drug-likeness (QED) is 0.590. The molecule has 7 atom stereocenters. The second-order valence-corrected chi connectivity index (χ2v) is 7.46. The molecule has 4 fully saturated rings. The van der Waals surface area contributed by atoms with Crippen molar-refractivity contribution in [2.75, 3.05) is 19.0 Å². The molecule has 114 valence electrons. The number of carbonyl (C=O) groups is 2. The van der Waals surface area contributed by atoms with Crippen molar-refractivity contribution >= 4 is 23.3 Å². The first-order valence-electron chi connectivity index (χ1n) is 8.12. The number of allylic oxidation sites excluding steroid dienone is 1. The zero-order chi connectivity index (χ0) is 15.1. The number of ketones is 1. The molecule has 0 aromatic rings. The molecule has 4 aliphatic rings. The molecule has 4 rings (SSSR count). The molecular weight excluding hydrogens is 286 g/mol. The summed E-state index contributed by atoms with van der Waals surface area (Å²) in [6.07, 6.45) is 1.06. The number of fused-ring (bicyclic) bond motifs is 2. The highest BCUT2D eigenvalue weighted by atomic mass is 35.5. The van der Waals surface area contributed by atoms with Crippen LogP contribution in [0.4, 0.5) is 0 Å². The molecule has 4 aliphatic carbocycles. The maximum atomic E-state index is 13.0. The van der Waals surface area contributed by atoms with Gasteiger partial charge in [0.25, 0.3) is 0 Å². The lowest BCUT2D eigenvalue weighted by molar-refractivity contribution is -0.169. The van der Waals surface area contributed by atoms with Crippen LogP contribution in [0.2, 0.25) is 0 Å². The van der Waals surface area contributed by atoms with Crippen LogP contribution in [-0.4, -0.2) is 35.6 Å². The van der Waals surface area contributed by atoms with Gasteiger partial charge in [-0.3, -0.25) is 9.59 Å². The summed E-state index contributed by atoms with van der Waals surface area (Å²) in [5, 5.41) is 0. The van der Waals surface area contributed by atoms with Gasteiger partial charge in [0.05, 0.1) is 11.3 Å². The van der Waals surface area contributed by atoms with Gasteiger partial charge in [-0.1, -0.05) is 12.2 Å². The average molecular weight is 308 g/mol. The van der Waals surface area contributed by atoms with Crippen molar-refractivity contribution in [2.45, 2.75) is 20.3 Å². The van der Waals surface area contributed by atoms with Crippen molar-refractivity contribution in [1.29, 1.82) is 0 Å². The van der Waals surface area contributed by atoms with Crippen LogP contribution in [0.1, 0.15) is 20.3 Å². The zero-order valence-corrected chi connectivity index (χ0v) is 13.4. The lowest BCUT2D eigenvalue weighted by atomic mass is 9.47. The summed E-state index contributed by atoms with van der Waals surface area (Å²) < 4.78 is 0. The fourth-order valence-corrected chi connectivity index (χ4v) is 6.78. The number of amides is 1. The summed E-state index contributed by atoms with van der Waals surface area (Å²) in [5.74, 6) is 2.01. The first kappa shape index (κ1) is 13.8. The molecule has 2 bridgehead atoms. The highest BCUT2D eigenvalue weighted by Crippen LogP contribution is 2.80. The molecule has 4 heteroatoms. The van der Waals surface area contributed by atoms with Crippen molar-refractivity contribution in [3.8, 4) is 0 Å². The number of hydrogen-bond acceptors (Lipinski definition) is 2. The molecular formula is C17H22ClNO2. The third-order valence-electron chi connectivity index (χ3n) is 7.01. The SMILES string of the molecule is C=C1C2CC3C1C(=O)C1(CCl)C(C(=O)N(CC)CC)C2C31. The van der Waals surface area contributed by atoms with Crippen molar-refractivity contribution in [2.24, 2.45) is 40.9 Å². The molecule has 0 aromatic carbocycles. The maximum Gasteiger partial charge on any atom is 0.227 e. The molecule has 3 nitrogen and oxygen atoms in total. The third-order valence-corrected chi connectivity index (χ3v) is 7.45. The van der Waals surface area contributed by atoms with Crippen LogP contribution >= 0.6 is 11.6 Å². The van der Waals surface area contributed by atoms with Gasteiger partial charge in [0, 0.05) is 24.9 Å². The van der Waals surface area contributed by atoms with Gasteiger partial charge in [-0.15, -0.1) is 11.6 Å². The highest BCUT2D eigenvalue weighted by Gasteiger charge is 2.83. The molecule has 1 amide bonds. The van der Waals surface area contributed by atoms with Gasteiger partial charge in [0.2, 0.25) is 5.91 Å². The van der Waals surface area contributed by atoms with E-state index in [1.165, 1.54) is 0 Å². The Hall–Kier alpha value is -0.830. The molecule has 7 unspecified atom stereocenters. The molecule has 0 radical (unpaired) electrons. The first-order chi connectivity index (χ1) is 10.0. The molecule has 0 spiro atoms. The molecule has 0 N–H and O–H groups in total. The minimum absolute atomic E-state index is 0.00417. The fraction of sp³-hybridized carbons (Fsp3) is 0.765. The number of nitrogens with zero attached hydrogens (tertiary/aromatic N) is 1. The minimum atomic E-state index is -0.574. The number of alkyl halides is 1. The van der Waals surface area contributed by atoms with E-state index in [4.69, 9.17) is 11.6 Å². The summed E-state index contributed by atoms with van der Waals surface area (Å²) in [7, 11) is 0. The average Bonchev–Trinajstić information content (AvgIpc) is 2.95. The molecule has 0 aliphatic heterocycles. The van der Waals surface area contributed by atoms with Gasteiger partial charge < -0.3 is 4.90 Å². The Bertz CT molecular complexity index is 555. The largest absolute Gasteiger partial charge is 0.343 e. The van der Waals surface area contributed by atoms with Crippen LogP contribution in [0, 0.1) is 40.9 Å². The third kappa shape index (κ3) is 1.22. The number of Topliss-reactive ketones (excluding diaryl/α,β-unsaturated/α-hetero) is 1. The minimum Gasteiger partial charge on any atom is -0.343 e. The van der Waals surface area contributed by atoms with E-state index in [2.05, 4.69) is 6.58 Å². The Balaban J connectivity index is 1.79. The Morgan fingerprint density at radius 2 is 2.10 bits per heavy atom. The standard InChI is InChI=1S/C17H22ClNO2/c1-4-19(5-2)16(21)14-12-9-6-10-11(8(9)3)15(20)17(14,7-18)13(10)12/h9-14H,3-7H2,1-2H3. The summed E-state index contributed by atoms with van der Waals surface area (Å²) >= 11 is 6.29. The number of rotatable bonds is 4. The second kappa shape index (κ2) is 4.13. The predicted molar refractivity (Wildman–Crippen MR) is 80.8 cm³/mol. The van der Waals surface area contributed by atoms with Gasteiger partial charge in [0.15, 0.2) is 0 Å². The molecule has 0 aromatic heterocycles. The van der Waals surface area contributed by atoms with Crippen LogP contribution in [0.25, 0.3) is 0 Å². The Kier molecular flexibility index (Phi) is 2.71. The van der Waals surface area contributed by atoms with Gasteiger partial charge in [0.1, 0.15) is 5.78 Å². The number of halogens is 1. The Labute approximate surface area is 130 Å². The Morgan fingerprint density at radius 3 is 2.67 bits per heavy atom. The van der Waals surface area contributed by atoms with Crippen molar-refractivity contribution in [3.63, 3.8) is 0 Å². The predicted octanol–water partition coefficient (Wildman–Crippen LogP) is 2.35. The smallest absolute Gasteiger partial charge is 0.227 e. The highest BCUT2D eigenvalue weighted by molar-refractivity contribution is 6.21. The molecule has 4 saturated carbocycles. The summed E-state index contributed by atoms with van der Waals surface area (Å²) in [6, 6.07) is 0. The van der Waals surface area contributed by atoms with Crippen molar-refractivity contribution in [3.05, 3.63) is 12.2 Å². The van der Waals surface area contributed by atoms with E-state index in [1.54, 1.807) is 0 Å². The Morgan fingerprint density at radius 1 is 1.43 bits per heavy atom. The van der Waals surface area contributed by atoms with E-state index in [-0.39, 0.29) is 23.5 Å². The van der Waals surface area contributed by atoms with E-state index in [1.807, 2.05) is 18.7 Å². The van der Waals surface area contributed by atoms with Crippen LogP contribution in [0.3, 0.4) is 0 Å². The second-order valence-electron chi connectivity index (χ2n) is 7.19. The number of carbonyl (C=O) groups excluding carboxylic acids is 2. The van der Waals surface area contributed by atoms with E-state index < -0.39 is 5.41 Å². The van der Waals surface area contributed by atoms with Crippen LogP contribution in [0.5, 0.6) is 0 Å². The summed E-state index contributed by atoms with van der Waals surface area (Å²) in [4.78, 5) is 27.9. The van der Waals surface area contributed by atoms with Crippen LogP contribution < -0.4 is 0 Å². The fourth-order valence-electron chi connectivity index (χ4n) is 6.30. The number of hydrogen-bond donors (Lipinski definition) is 0. The topological polar surface area (TPSA) is 37.4 Å². The van der Waals surface area contributed by atoms with E-state index in [0.29, 0.717) is 42.6 Å². The van der Waals surface area contributed by atoms with Gasteiger partial charge in [-0.2, -0.15) is 0 Å².